The number of aromatic nitrogens is 1. The van der Waals surface area contributed by atoms with E-state index >= 15 is 0 Å². The Morgan fingerprint density at radius 2 is 1.96 bits per heavy atom. The number of rotatable bonds is 5. The standard InChI is InChI=1S/C19H25N3O2S/c1-13-5-4-6-14(2)17(13)19(23)20-11-16(18-15(3)21-12-25-18)22-7-9-24-10-8-22/h4-6,12,16H,7-11H2,1-3H3,(H,20,23)/t16-/m1/s1. The minimum Gasteiger partial charge on any atom is -0.379 e. The Morgan fingerprint density at radius 3 is 2.56 bits per heavy atom. The molecule has 0 saturated carbocycles. The summed E-state index contributed by atoms with van der Waals surface area (Å²) in [5.41, 5.74) is 5.72. The Bertz CT molecular complexity index is 718. The Hall–Kier alpha value is -1.76. The smallest absolute Gasteiger partial charge is 0.251 e. The first-order valence-corrected chi connectivity index (χ1v) is 9.52. The molecule has 1 aromatic carbocycles. The molecule has 1 aliphatic rings. The van der Waals surface area contributed by atoms with Crippen LogP contribution in [0.3, 0.4) is 0 Å². The molecule has 0 bridgehead atoms. The summed E-state index contributed by atoms with van der Waals surface area (Å²) in [6, 6.07) is 6.09. The maximum atomic E-state index is 12.8. The predicted octanol–water partition coefficient (Wildman–Crippen LogP) is 2.87. The summed E-state index contributed by atoms with van der Waals surface area (Å²) in [6.07, 6.45) is 0. The number of nitrogens with one attached hydrogen (secondary N) is 1. The zero-order valence-corrected chi connectivity index (χ0v) is 15.9. The SMILES string of the molecule is Cc1cccc(C)c1C(=O)NC[C@H](c1scnc1C)N1CCOCC1. The summed E-state index contributed by atoms with van der Waals surface area (Å²) in [4.78, 5) is 20.8. The second kappa shape index (κ2) is 8.08. The van der Waals surface area contributed by atoms with E-state index in [1.165, 1.54) is 4.88 Å². The fourth-order valence-electron chi connectivity index (χ4n) is 3.36. The maximum absolute atomic E-state index is 12.8. The van der Waals surface area contributed by atoms with E-state index in [0.29, 0.717) is 6.54 Å². The molecule has 134 valence electrons. The van der Waals surface area contributed by atoms with Crippen LogP contribution in [0.2, 0.25) is 0 Å². The molecular formula is C19H25N3O2S. The van der Waals surface area contributed by atoms with Gasteiger partial charge >= 0.3 is 0 Å². The molecule has 0 unspecified atom stereocenters. The first-order valence-electron chi connectivity index (χ1n) is 8.64. The molecule has 0 spiro atoms. The van der Waals surface area contributed by atoms with Crippen LogP contribution in [0.15, 0.2) is 23.7 Å². The van der Waals surface area contributed by atoms with E-state index in [1.807, 2.05) is 44.5 Å². The third kappa shape index (κ3) is 4.08. The number of hydrogen-bond acceptors (Lipinski definition) is 5. The molecule has 3 rings (SSSR count). The molecule has 2 aromatic rings. The predicted molar refractivity (Wildman–Crippen MR) is 100 cm³/mol. The minimum atomic E-state index is -0.00368. The van der Waals surface area contributed by atoms with Gasteiger partial charge < -0.3 is 10.1 Å². The first kappa shape index (κ1) is 18.0. The van der Waals surface area contributed by atoms with Crippen LogP contribution in [0.1, 0.15) is 38.1 Å². The van der Waals surface area contributed by atoms with E-state index in [-0.39, 0.29) is 11.9 Å². The molecule has 6 heteroatoms. The topological polar surface area (TPSA) is 54.5 Å². The van der Waals surface area contributed by atoms with Crippen molar-refractivity contribution in [3.8, 4) is 0 Å². The number of morpholine rings is 1. The average Bonchev–Trinajstić information content (AvgIpc) is 3.02. The number of amides is 1. The van der Waals surface area contributed by atoms with Crippen LogP contribution in [0.4, 0.5) is 0 Å². The van der Waals surface area contributed by atoms with Crippen molar-refractivity contribution in [2.75, 3.05) is 32.8 Å². The lowest BCUT2D eigenvalue weighted by molar-refractivity contribution is 0.0167. The number of thiazole rings is 1. The Labute approximate surface area is 153 Å². The van der Waals surface area contributed by atoms with Gasteiger partial charge in [-0.25, -0.2) is 4.98 Å². The van der Waals surface area contributed by atoms with Crippen molar-refractivity contribution >= 4 is 17.2 Å². The molecule has 2 heterocycles. The van der Waals surface area contributed by atoms with E-state index in [0.717, 1.165) is 48.7 Å². The third-order valence-corrected chi connectivity index (χ3v) is 5.77. The molecule has 1 N–H and O–H groups in total. The van der Waals surface area contributed by atoms with E-state index < -0.39 is 0 Å². The maximum Gasteiger partial charge on any atom is 0.251 e. The van der Waals surface area contributed by atoms with Gasteiger partial charge in [-0.15, -0.1) is 11.3 Å². The summed E-state index contributed by atoms with van der Waals surface area (Å²) < 4.78 is 5.48. The molecule has 1 fully saturated rings. The van der Waals surface area contributed by atoms with Crippen LogP contribution in [-0.4, -0.2) is 48.6 Å². The summed E-state index contributed by atoms with van der Waals surface area (Å²) >= 11 is 1.66. The molecule has 25 heavy (non-hydrogen) atoms. The molecule has 0 radical (unpaired) electrons. The molecule has 1 aliphatic heterocycles. The van der Waals surface area contributed by atoms with Crippen molar-refractivity contribution in [1.82, 2.24) is 15.2 Å². The summed E-state index contributed by atoms with van der Waals surface area (Å²) in [7, 11) is 0. The van der Waals surface area contributed by atoms with E-state index in [1.54, 1.807) is 11.3 Å². The van der Waals surface area contributed by atoms with Gasteiger partial charge in [-0.1, -0.05) is 18.2 Å². The van der Waals surface area contributed by atoms with Crippen molar-refractivity contribution < 1.29 is 9.53 Å². The zero-order valence-electron chi connectivity index (χ0n) is 15.0. The summed E-state index contributed by atoms with van der Waals surface area (Å²) in [6.45, 7) is 9.80. The number of carbonyl (C=O) groups is 1. The lowest BCUT2D eigenvalue weighted by atomic mass is 10.0. The highest BCUT2D eigenvalue weighted by Crippen LogP contribution is 2.27. The number of benzene rings is 1. The normalized spacial score (nSPS) is 16.6. The van der Waals surface area contributed by atoms with Gasteiger partial charge in [0, 0.05) is 30.1 Å². The first-order chi connectivity index (χ1) is 12.1. The van der Waals surface area contributed by atoms with Crippen molar-refractivity contribution in [3.05, 3.63) is 51.0 Å². The minimum absolute atomic E-state index is 0.00368. The summed E-state index contributed by atoms with van der Waals surface area (Å²) in [5.74, 6) is -0.00368. The van der Waals surface area contributed by atoms with Gasteiger partial charge in [-0.3, -0.25) is 9.69 Å². The Morgan fingerprint density at radius 1 is 1.28 bits per heavy atom. The monoisotopic (exact) mass is 359 g/mol. The fraction of sp³-hybridized carbons (Fsp3) is 0.474. The van der Waals surface area contributed by atoms with Gasteiger partial charge in [0.2, 0.25) is 0 Å². The quantitative estimate of drug-likeness (QED) is 0.892. The van der Waals surface area contributed by atoms with E-state index in [2.05, 4.69) is 15.2 Å². The van der Waals surface area contributed by atoms with Crippen LogP contribution in [0.5, 0.6) is 0 Å². The van der Waals surface area contributed by atoms with Crippen LogP contribution < -0.4 is 5.32 Å². The van der Waals surface area contributed by atoms with Gasteiger partial charge in [0.05, 0.1) is 30.5 Å². The second-order valence-electron chi connectivity index (χ2n) is 6.44. The van der Waals surface area contributed by atoms with Crippen molar-refractivity contribution in [2.24, 2.45) is 0 Å². The molecule has 0 aliphatic carbocycles. The van der Waals surface area contributed by atoms with Gasteiger partial charge in [0.25, 0.3) is 5.91 Å². The lowest BCUT2D eigenvalue weighted by Crippen LogP contribution is -2.44. The molecular weight excluding hydrogens is 334 g/mol. The zero-order chi connectivity index (χ0) is 17.8. The third-order valence-electron chi connectivity index (χ3n) is 4.74. The van der Waals surface area contributed by atoms with Crippen LogP contribution in [0.25, 0.3) is 0 Å². The largest absolute Gasteiger partial charge is 0.379 e. The van der Waals surface area contributed by atoms with Gasteiger partial charge in [-0.05, 0) is 31.9 Å². The molecule has 1 amide bonds. The number of nitrogens with zero attached hydrogens (tertiary/aromatic N) is 2. The highest BCUT2D eigenvalue weighted by molar-refractivity contribution is 7.09. The van der Waals surface area contributed by atoms with E-state index in [9.17, 15) is 4.79 Å². The molecule has 5 nitrogen and oxygen atoms in total. The number of aryl methyl sites for hydroxylation is 3. The fourth-order valence-corrected chi connectivity index (χ4v) is 4.30. The second-order valence-corrected chi connectivity index (χ2v) is 7.33. The van der Waals surface area contributed by atoms with Crippen molar-refractivity contribution in [2.45, 2.75) is 26.8 Å². The molecule has 1 saturated heterocycles. The van der Waals surface area contributed by atoms with Gasteiger partial charge in [0.15, 0.2) is 0 Å². The highest BCUT2D eigenvalue weighted by Gasteiger charge is 2.26. The number of ether oxygens (including phenoxy) is 1. The van der Waals surface area contributed by atoms with Crippen LogP contribution in [0, 0.1) is 20.8 Å². The highest BCUT2D eigenvalue weighted by atomic mass is 32.1. The van der Waals surface area contributed by atoms with Gasteiger partial charge in [-0.2, -0.15) is 0 Å². The number of carbonyl (C=O) groups excluding carboxylic acids is 1. The van der Waals surface area contributed by atoms with Crippen molar-refractivity contribution in [1.29, 1.82) is 0 Å². The lowest BCUT2D eigenvalue weighted by Gasteiger charge is -2.34. The molecule has 1 aromatic heterocycles. The average molecular weight is 359 g/mol. The molecule has 1 atom stereocenters. The Kier molecular flexibility index (Phi) is 5.83. The van der Waals surface area contributed by atoms with Crippen LogP contribution >= 0.6 is 11.3 Å². The Balaban J connectivity index is 1.76. The van der Waals surface area contributed by atoms with Gasteiger partial charge in [0.1, 0.15) is 0 Å². The summed E-state index contributed by atoms with van der Waals surface area (Å²) in [5, 5.41) is 3.15. The number of hydrogen-bond donors (Lipinski definition) is 1. The van der Waals surface area contributed by atoms with Crippen LogP contribution in [-0.2, 0) is 4.74 Å². The van der Waals surface area contributed by atoms with E-state index in [4.69, 9.17) is 4.74 Å². The van der Waals surface area contributed by atoms with Crippen molar-refractivity contribution in [3.63, 3.8) is 0 Å².